The molecule has 0 aliphatic carbocycles. The minimum Gasteiger partial charge on any atom is -0.462 e. The number of rotatable bonds is 53. The molecule has 0 aromatic heterocycles. The molecule has 0 fully saturated rings. The Labute approximate surface area is 411 Å². The summed E-state index contributed by atoms with van der Waals surface area (Å²) in [5.74, 6) is -0.518. The fourth-order valence-electron chi connectivity index (χ4n) is 9.01. The lowest BCUT2D eigenvalue weighted by molar-refractivity contribution is -0.151. The van der Waals surface area contributed by atoms with E-state index in [0.717, 1.165) is 64.2 Å². The van der Waals surface area contributed by atoms with Crippen LogP contribution in [0.3, 0.4) is 0 Å². The molecular weight excluding hydrogens is 815 g/mol. The number of esters is 1. The third-order valence-electron chi connectivity index (χ3n) is 13.5. The molecule has 0 heterocycles. The summed E-state index contributed by atoms with van der Waals surface area (Å²) in [4.78, 5) is 26.2. The average Bonchev–Trinajstić information content (AvgIpc) is 3.31. The highest BCUT2D eigenvalue weighted by molar-refractivity contribution is 5.77. The summed E-state index contributed by atoms with van der Waals surface area (Å²) >= 11 is 0. The number of allylic oxidation sites excluding steroid dienone is 6. The van der Waals surface area contributed by atoms with E-state index in [1.54, 1.807) is 0 Å². The van der Waals surface area contributed by atoms with Gasteiger partial charge in [-0.3, -0.25) is 9.59 Å². The van der Waals surface area contributed by atoms with Gasteiger partial charge in [-0.2, -0.15) is 0 Å². The van der Waals surface area contributed by atoms with Gasteiger partial charge in [-0.25, -0.2) is 0 Å². The second-order valence-electron chi connectivity index (χ2n) is 20.1. The predicted octanol–water partition coefficient (Wildman–Crippen LogP) is 18.0. The number of hydrogen-bond acceptors (Lipinski definition) is 5. The Morgan fingerprint density at radius 3 is 1.20 bits per heavy atom. The normalized spacial score (nSPS) is 13.3. The van der Waals surface area contributed by atoms with Gasteiger partial charge < -0.3 is 20.3 Å². The fraction of sp³-hybridized carbons (Fsp3) is 0.867. The molecule has 6 heteroatoms. The number of aliphatic hydroxyl groups excluding tert-OH is 2. The van der Waals surface area contributed by atoms with Crippen molar-refractivity contribution in [3.8, 4) is 0 Å². The molecule has 3 atom stereocenters. The zero-order valence-corrected chi connectivity index (χ0v) is 44.3. The topological polar surface area (TPSA) is 95.9 Å². The number of carbonyl (C=O) groups is 2. The lowest BCUT2D eigenvalue weighted by Gasteiger charge is -2.24. The van der Waals surface area contributed by atoms with E-state index in [1.165, 1.54) is 199 Å². The van der Waals surface area contributed by atoms with Gasteiger partial charge in [0.2, 0.25) is 5.91 Å². The van der Waals surface area contributed by atoms with E-state index in [4.69, 9.17) is 4.74 Å². The zero-order chi connectivity index (χ0) is 48.1. The molecule has 0 aromatic carbocycles. The number of unbranched alkanes of at least 4 members (excludes halogenated alkanes) is 36. The first-order chi connectivity index (χ1) is 32.5. The predicted molar refractivity (Wildman–Crippen MR) is 287 cm³/mol. The Bertz CT molecular complexity index is 1090. The highest BCUT2D eigenvalue weighted by atomic mass is 16.5. The van der Waals surface area contributed by atoms with Crippen LogP contribution in [0.1, 0.15) is 310 Å². The van der Waals surface area contributed by atoms with Gasteiger partial charge in [0, 0.05) is 6.42 Å². The van der Waals surface area contributed by atoms with Crippen molar-refractivity contribution in [3.63, 3.8) is 0 Å². The molecule has 6 nitrogen and oxygen atoms in total. The molecule has 0 aliphatic rings. The number of carbonyl (C=O) groups excluding carboxylic acids is 2. The first-order valence-electron chi connectivity index (χ1n) is 29.2. The number of aliphatic hydroxyl groups is 2. The highest BCUT2D eigenvalue weighted by Gasteiger charge is 2.24. The monoisotopic (exact) mass is 928 g/mol. The van der Waals surface area contributed by atoms with E-state index in [9.17, 15) is 19.8 Å². The molecule has 0 spiro atoms. The maximum atomic E-state index is 13.3. The molecule has 0 radical (unpaired) electrons. The standard InChI is InChI=1S/C60H113NO5/c1-4-7-10-13-16-19-22-25-28-30-31-34-37-40-43-46-49-52-58(63)57(55-62)61-59(64)54-56(51-48-45-42-39-36-33-27-24-21-18-15-12-9-6-3)66-60(65)53-50-47-44-41-38-35-32-29-26-23-20-17-14-11-8-5-2/h29,32-33,36,39,42,56-58,62-63H,4-28,30-31,34-35,37-38,40-41,43-55H2,1-3H3,(H,61,64)/b32-29+,36-33+,42-39+. The van der Waals surface area contributed by atoms with Crippen LogP contribution in [0.4, 0.5) is 0 Å². The largest absolute Gasteiger partial charge is 0.462 e. The summed E-state index contributed by atoms with van der Waals surface area (Å²) in [5, 5.41) is 23.9. The second-order valence-corrected chi connectivity index (χ2v) is 20.1. The van der Waals surface area contributed by atoms with Crippen LogP contribution in [0.15, 0.2) is 36.5 Å². The van der Waals surface area contributed by atoms with E-state index >= 15 is 0 Å². The minimum atomic E-state index is -0.800. The molecule has 0 aromatic rings. The summed E-state index contributed by atoms with van der Waals surface area (Å²) in [5.41, 5.74) is 0. The van der Waals surface area contributed by atoms with E-state index in [-0.39, 0.29) is 24.9 Å². The quantitative estimate of drug-likeness (QED) is 0.0244. The second kappa shape index (κ2) is 54.0. The van der Waals surface area contributed by atoms with Crippen molar-refractivity contribution in [2.45, 2.75) is 328 Å². The Kier molecular flexibility index (Phi) is 52.5. The summed E-state index contributed by atoms with van der Waals surface area (Å²) < 4.78 is 5.93. The van der Waals surface area contributed by atoms with E-state index in [1.807, 2.05) is 0 Å². The molecule has 0 saturated heterocycles. The zero-order valence-electron chi connectivity index (χ0n) is 44.3. The molecule has 0 saturated carbocycles. The SMILES string of the molecule is CCCCCCCCC/C=C/C=C/CCCC(CC(=O)NC(CO)C(O)CCCCCCCCCCCCCCCCCCC)OC(=O)CCCCCCC/C=C/CCCCCCCCC. The van der Waals surface area contributed by atoms with Crippen LogP contribution in [0, 0.1) is 0 Å². The highest BCUT2D eigenvalue weighted by Crippen LogP contribution is 2.18. The van der Waals surface area contributed by atoms with Gasteiger partial charge >= 0.3 is 5.97 Å². The van der Waals surface area contributed by atoms with Crippen LogP contribution >= 0.6 is 0 Å². The van der Waals surface area contributed by atoms with Crippen molar-refractivity contribution >= 4 is 11.9 Å². The van der Waals surface area contributed by atoms with Crippen molar-refractivity contribution < 1.29 is 24.5 Å². The van der Waals surface area contributed by atoms with Crippen LogP contribution in [-0.2, 0) is 14.3 Å². The van der Waals surface area contributed by atoms with Gasteiger partial charge in [-0.05, 0) is 70.6 Å². The smallest absolute Gasteiger partial charge is 0.306 e. The van der Waals surface area contributed by atoms with Crippen LogP contribution in [0.5, 0.6) is 0 Å². The fourth-order valence-corrected chi connectivity index (χ4v) is 9.01. The van der Waals surface area contributed by atoms with Gasteiger partial charge in [0.05, 0.1) is 25.2 Å². The lowest BCUT2D eigenvalue weighted by atomic mass is 10.0. The van der Waals surface area contributed by atoms with E-state index in [0.29, 0.717) is 19.3 Å². The molecule has 3 unspecified atom stereocenters. The Balaban J connectivity index is 4.56. The van der Waals surface area contributed by atoms with Crippen molar-refractivity contribution in [2.75, 3.05) is 6.61 Å². The first kappa shape index (κ1) is 64.1. The molecule has 0 aliphatic heterocycles. The first-order valence-corrected chi connectivity index (χ1v) is 29.2. The Hall–Kier alpha value is -1.92. The van der Waals surface area contributed by atoms with Gasteiger partial charge in [0.25, 0.3) is 0 Å². The maximum absolute atomic E-state index is 13.3. The summed E-state index contributed by atoms with van der Waals surface area (Å²) in [6, 6.07) is -0.716. The lowest BCUT2D eigenvalue weighted by Crippen LogP contribution is -2.46. The molecule has 3 N–H and O–H groups in total. The third-order valence-corrected chi connectivity index (χ3v) is 13.5. The van der Waals surface area contributed by atoms with Gasteiger partial charge in [-0.1, -0.05) is 263 Å². The van der Waals surface area contributed by atoms with Gasteiger partial charge in [0.15, 0.2) is 0 Å². The minimum absolute atomic E-state index is 0.0443. The van der Waals surface area contributed by atoms with Crippen molar-refractivity contribution in [1.29, 1.82) is 0 Å². The molecule has 1 amide bonds. The maximum Gasteiger partial charge on any atom is 0.306 e. The van der Waals surface area contributed by atoms with Crippen molar-refractivity contribution in [2.24, 2.45) is 0 Å². The van der Waals surface area contributed by atoms with Crippen LogP contribution < -0.4 is 5.32 Å². The molecule has 0 bridgehead atoms. The number of amides is 1. The number of hydrogen-bond donors (Lipinski definition) is 3. The summed E-state index contributed by atoms with van der Waals surface area (Å²) in [6.07, 6.45) is 65.0. The average molecular weight is 929 g/mol. The summed E-state index contributed by atoms with van der Waals surface area (Å²) in [7, 11) is 0. The van der Waals surface area contributed by atoms with Crippen molar-refractivity contribution in [1.82, 2.24) is 5.32 Å². The number of nitrogens with one attached hydrogen (secondary N) is 1. The molecule has 0 rings (SSSR count). The third kappa shape index (κ3) is 48.5. The van der Waals surface area contributed by atoms with E-state index < -0.39 is 18.2 Å². The van der Waals surface area contributed by atoms with Gasteiger partial charge in [0.1, 0.15) is 6.10 Å². The van der Waals surface area contributed by atoms with Crippen molar-refractivity contribution in [3.05, 3.63) is 36.5 Å². The molecule has 66 heavy (non-hydrogen) atoms. The Morgan fingerprint density at radius 1 is 0.439 bits per heavy atom. The van der Waals surface area contributed by atoms with Crippen LogP contribution in [0.25, 0.3) is 0 Å². The molecule has 388 valence electrons. The van der Waals surface area contributed by atoms with E-state index in [2.05, 4.69) is 62.5 Å². The van der Waals surface area contributed by atoms with Gasteiger partial charge in [-0.15, -0.1) is 0 Å². The number of ether oxygens (including phenoxy) is 1. The van der Waals surface area contributed by atoms with Crippen LogP contribution in [-0.4, -0.2) is 46.9 Å². The summed E-state index contributed by atoms with van der Waals surface area (Å²) in [6.45, 7) is 6.50. The Morgan fingerprint density at radius 2 is 0.788 bits per heavy atom. The molecular formula is C60H113NO5. The van der Waals surface area contributed by atoms with Crippen LogP contribution in [0.2, 0.25) is 0 Å².